The molecule has 0 saturated carbocycles. The summed E-state index contributed by atoms with van der Waals surface area (Å²) in [5.74, 6) is 7.15. The highest BCUT2D eigenvalue weighted by Gasteiger charge is 2.04. The van der Waals surface area contributed by atoms with Gasteiger partial charge in [-0.25, -0.2) is 15.8 Å². The van der Waals surface area contributed by atoms with Gasteiger partial charge in [0.15, 0.2) is 0 Å². The summed E-state index contributed by atoms with van der Waals surface area (Å²) in [6.07, 6.45) is 0.418. The number of hydrazine groups is 1. The zero-order chi connectivity index (χ0) is 12.8. The molecule has 7 heteroatoms. The molecule has 0 unspecified atom stereocenters. The van der Waals surface area contributed by atoms with Gasteiger partial charge < -0.3 is 15.6 Å². The third kappa shape index (κ3) is 4.23. The van der Waals surface area contributed by atoms with Crippen LogP contribution < -0.4 is 16.6 Å². The van der Waals surface area contributed by atoms with Crippen molar-refractivity contribution in [3.05, 3.63) is 11.9 Å². The number of nitrogens with two attached hydrogens (primary N) is 1. The quantitative estimate of drug-likeness (QED) is 0.492. The second-order valence-electron chi connectivity index (χ2n) is 3.79. The van der Waals surface area contributed by atoms with Crippen LogP contribution in [-0.2, 0) is 4.79 Å². The van der Waals surface area contributed by atoms with E-state index in [1.54, 1.807) is 32.0 Å². The van der Waals surface area contributed by atoms with Gasteiger partial charge in [0.25, 0.3) is 0 Å². The number of carbonyl (C=O) groups is 1. The number of rotatable bonds is 5. The number of nitrogen functional groups attached to an aromatic ring is 1. The van der Waals surface area contributed by atoms with Gasteiger partial charge in [-0.05, 0) is 6.92 Å². The van der Waals surface area contributed by atoms with Crippen molar-refractivity contribution in [3.63, 3.8) is 0 Å². The maximum absolute atomic E-state index is 11.3. The van der Waals surface area contributed by atoms with E-state index in [0.717, 1.165) is 0 Å². The minimum absolute atomic E-state index is 0.0699. The van der Waals surface area contributed by atoms with Crippen LogP contribution in [0.5, 0.6) is 0 Å². The molecule has 17 heavy (non-hydrogen) atoms. The molecule has 0 saturated heterocycles. The summed E-state index contributed by atoms with van der Waals surface area (Å²) in [6.45, 7) is 2.30. The van der Waals surface area contributed by atoms with Crippen LogP contribution >= 0.6 is 0 Å². The van der Waals surface area contributed by atoms with Gasteiger partial charge >= 0.3 is 0 Å². The average molecular weight is 238 g/mol. The Morgan fingerprint density at radius 2 is 2.06 bits per heavy atom. The predicted molar refractivity (Wildman–Crippen MR) is 66.4 cm³/mol. The molecule has 1 amide bonds. The lowest BCUT2D eigenvalue weighted by Gasteiger charge is -2.11. The van der Waals surface area contributed by atoms with Crippen LogP contribution in [0, 0.1) is 6.92 Å². The van der Waals surface area contributed by atoms with Crippen LogP contribution in [0.1, 0.15) is 12.2 Å². The molecule has 0 radical (unpaired) electrons. The number of nitrogens with one attached hydrogen (secondary N) is 2. The summed E-state index contributed by atoms with van der Waals surface area (Å²) in [5, 5.41) is 3.05. The Morgan fingerprint density at radius 1 is 1.41 bits per heavy atom. The lowest BCUT2D eigenvalue weighted by Crippen LogP contribution is -2.24. The van der Waals surface area contributed by atoms with Crippen LogP contribution in [0.3, 0.4) is 0 Å². The maximum atomic E-state index is 11.3. The maximum Gasteiger partial charge on any atom is 0.223 e. The Kier molecular flexibility index (Phi) is 4.65. The van der Waals surface area contributed by atoms with Gasteiger partial charge in [-0.1, -0.05) is 0 Å². The Balaban J connectivity index is 2.52. The van der Waals surface area contributed by atoms with Crippen molar-refractivity contribution in [2.45, 2.75) is 13.3 Å². The third-order valence-corrected chi connectivity index (χ3v) is 2.13. The summed E-state index contributed by atoms with van der Waals surface area (Å²) in [7, 11) is 3.46. The first-order valence-corrected chi connectivity index (χ1v) is 5.29. The first-order chi connectivity index (χ1) is 8.02. The van der Waals surface area contributed by atoms with E-state index in [9.17, 15) is 4.79 Å². The molecule has 1 rings (SSSR count). The summed E-state index contributed by atoms with van der Waals surface area (Å²) < 4.78 is 0. The van der Waals surface area contributed by atoms with E-state index >= 15 is 0 Å². The van der Waals surface area contributed by atoms with Gasteiger partial charge in [-0.2, -0.15) is 0 Å². The molecule has 1 aromatic heterocycles. The van der Waals surface area contributed by atoms with Crippen molar-refractivity contribution in [1.29, 1.82) is 0 Å². The summed E-state index contributed by atoms with van der Waals surface area (Å²) in [5.41, 5.74) is 2.46. The van der Waals surface area contributed by atoms with Crippen molar-refractivity contribution in [2.24, 2.45) is 5.84 Å². The van der Waals surface area contributed by atoms with E-state index in [2.05, 4.69) is 20.7 Å². The summed E-state index contributed by atoms with van der Waals surface area (Å²) in [4.78, 5) is 21.1. The van der Waals surface area contributed by atoms with E-state index in [1.165, 1.54) is 0 Å². The molecule has 0 bridgehead atoms. The molecular weight excluding hydrogens is 220 g/mol. The Morgan fingerprint density at radius 3 is 2.65 bits per heavy atom. The second-order valence-corrected chi connectivity index (χ2v) is 3.79. The molecule has 94 valence electrons. The molecule has 0 atom stereocenters. The lowest BCUT2D eigenvalue weighted by atomic mass is 10.3. The fourth-order valence-electron chi connectivity index (χ4n) is 1.25. The van der Waals surface area contributed by atoms with Crippen LogP contribution in [-0.4, -0.2) is 41.4 Å². The molecule has 1 heterocycles. The molecule has 0 fully saturated rings. The highest BCUT2D eigenvalue weighted by molar-refractivity contribution is 5.76. The van der Waals surface area contributed by atoms with E-state index < -0.39 is 0 Å². The SMILES string of the molecule is Cc1nc(NN)cc(NCCC(=O)N(C)C)n1. The van der Waals surface area contributed by atoms with E-state index in [4.69, 9.17) is 5.84 Å². The van der Waals surface area contributed by atoms with E-state index in [0.29, 0.717) is 30.4 Å². The lowest BCUT2D eigenvalue weighted by molar-refractivity contribution is -0.128. The van der Waals surface area contributed by atoms with Gasteiger partial charge in [0.1, 0.15) is 17.5 Å². The first-order valence-electron chi connectivity index (χ1n) is 5.29. The predicted octanol–water partition coefficient (Wildman–Crippen LogP) is -0.0392. The summed E-state index contributed by atoms with van der Waals surface area (Å²) in [6, 6.07) is 1.69. The molecule has 0 aliphatic carbocycles. The fraction of sp³-hybridized carbons (Fsp3) is 0.500. The van der Waals surface area contributed by atoms with Crippen LogP contribution in [0.2, 0.25) is 0 Å². The van der Waals surface area contributed by atoms with Gasteiger partial charge in [0, 0.05) is 33.1 Å². The molecule has 0 aromatic carbocycles. The first kappa shape index (κ1) is 13.2. The van der Waals surface area contributed by atoms with E-state index in [1.807, 2.05) is 0 Å². The van der Waals surface area contributed by atoms with Crippen molar-refractivity contribution in [3.8, 4) is 0 Å². The third-order valence-electron chi connectivity index (χ3n) is 2.13. The number of aryl methyl sites for hydroxylation is 1. The Hall–Kier alpha value is -1.89. The fourth-order valence-corrected chi connectivity index (χ4v) is 1.25. The molecule has 0 spiro atoms. The minimum Gasteiger partial charge on any atom is -0.369 e. The molecular formula is C10H18N6O. The highest BCUT2D eigenvalue weighted by Crippen LogP contribution is 2.09. The summed E-state index contributed by atoms with van der Waals surface area (Å²) >= 11 is 0. The van der Waals surface area contributed by atoms with Crippen LogP contribution in [0.4, 0.5) is 11.6 Å². The Bertz CT molecular complexity index is 392. The minimum atomic E-state index is 0.0699. The number of hydrogen-bond acceptors (Lipinski definition) is 6. The smallest absolute Gasteiger partial charge is 0.223 e. The van der Waals surface area contributed by atoms with Gasteiger partial charge in [0.2, 0.25) is 5.91 Å². The number of nitrogens with zero attached hydrogens (tertiary/aromatic N) is 3. The molecule has 1 aromatic rings. The average Bonchev–Trinajstić information content (AvgIpc) is 2.27. The molecule has 0 aliphatic rings. The van der Waals surface area contributed by atoms with Crippen LogP contribution in [0.15, 0.2) is 6.07 Å². The van der Waals surface area contributed by atoms with Crippen molar-refractivity contribution >= 4 is 17.5 Å². The van der Waals surface area contributed by atoms with E-state index in [-0.39, 0.29) is 5.91 Å². The zero-order valence-corrected chi connectivity index (χ0v) is 10.3. The highest BCUT2D eigenvalue weighted by atomic mass is 16.2. The van der Waals surface area contributed by atoms with Gasteiger partial charge in [-0.15, -0.1) is 0 Å². The number of amides is 1. The molecule has 4 N–H and O–H groups in total. The number of anilines is 2. The van der Waals surface area contributed by atoms with Crippen molar-refractivity contribution < 1.29 is 4.79 Å². The largest absolute Gasteiger partial charge is 0.369 e. The number of carbonyl (C=O) groups excluding carboxylic acids is 1. The molecule has 0 aliphatic heterocycles. The topological polar surface area (TPSA) is 96.2 Å². The van der Waals surface area contributed by atoms with Gasteiger partial charge in [0.05, 0.1) is 0 Å². The normalized spacial score (nSPS) is 9.88. The van der Waals surface area contributed by atoms with Crippen molar-refractivity contribution in [1.82, 2.24) is 14.9 Å². The standard InChI is InChI=1S/C10H18N6O/c1-7-13-8(6-9(14-7)15-11)12-5-4-10(17)16(2)3/h6H,4-5,11H2,1-3H3,(H2,12,13,14,15). The van der Waals surface area contributed by atoms with Gasteiger partial charge in [-0.3, -0.25) is 4.79 Å². The zero-order valence-electron chi connectivity index (χ0n) is 10.3. The number of aromatic nitrogens is 2. The molecule has 7 nitrogen and oxygen atoms in total. The second kappa shape index (κ2) is 6.00. The monoisotopic (exact) mass is 238 g/mol. The van der Waals surface area contributed by atoms with Crippen LogP contribution in [0.25, 0.3) is 0 Å². The number of hydrogen-bond donors (Lipinski definition) is 3. The Labute approximate surface area is 100 Å². The van der Waals surface area contributed by atoms with Crippen molar-refractivity contribution in [2.75, 3.05) is 31.4 Å².